The molecule has 0 aliphatic rings. The number of benzene rings is 2. The molecule has 21 heavy (non-hydrogen) atoms. The molecule has 0 aliphatic carbocycles. The average molecular weight is 291 g/mol. The molecular formula is C17H19F2NO. The molecule has 2 rings (SSSR count). The molecule has 0 heterocycles. The first-order chi connectivity index (χ1) is 10.0. The van der Waals surface area contributed by atoms with E-state index in [1.807, 2.05) is 19.9 Å². The van der Waals surface area contributed by atoms with Crippen LogP contribution in [-0.4, -0.2) is 7.11 Å². The van der Waals surface area contributed by atoms with Crippen LogP contribution in [0, 0.1) is 11.6 Å². The predicted octanol–water partition coefficient (Wildman–Crippen LogP) is 4.39. The summed E-state index contributed by atoms with van der Waals surface area (Å²) in [7, 11) is 1.44. The van der Waals surface area contributed by atoms with E-state index in [9.17, 15) is 8.78 Å². The SMILES string of the molecule is COc1cc(C(C)NC(C)c2cccc(F)c2)ccc1F. The molecule has 0 saturated heterocycles. The maximum absolute atomic E-state index is 13.4. The van der Waals surface area contributed by atoms with Crippen molar-refractivity contribution in [2.75, 3.05) is 7.11 Å². The number of methoxy groups -OCH3 is 1. The first-order valence-corrected chi connectivity index (χ1v) is 6.86. The molecular weight excluding hydrogens is 272 g/mol. The normalized spacial score (nSPS) is 13.8. The summed E-state index contributed by atoms with van der Waals surface area (Å²) in [5.74, 6) is -0.413. The fourth-order valence-electron chi connectivity index (χ4n) is 2.29. The third kappa shape index (κ3) is 3.79. The molecule has 0 saturated carbocycles. The van der Waals surface area contributed by atoms with Crippen molar-refractivity contribution in [1.29, 1.82) is 0 Å². The van der Waals surface area contributed by atoms with Gasteiger partial charge in [0.2, 0.25) is 0 Å². The second kappa shape index (κ2) is 6.68. The van der Waals surface area contributed by atoms with Crippen molar-refractivity contribution in [2.24, 2.45) is 0 Å². The lowest BCUT2D eigenvalue weighted by Crippen LogP contribution is -2.22. The van der Waals surface area contributed by atoms with Crippen molar-refractivity contribution in [3.05, 3.63) is 65.2 Å². The second-order valence-corrected chi connectivity index (χ2v) is 5.06. The smallest absolute Gasteiger partial charge is 0.165 e. The van der Waals surface area contributed by atoms with Gasteiger partial charge in [-0.25, -0.2) is 8.78 Å². The summed E-state index contributed by atoms with van der Waals surface area (Å²) < 4.78 is 31.7. The summed E-state index contributed by atoms with van der Waals surface area (Å²) in [6, 6.07) is 11.2. The Labute approximate surface area is 123 Å². The van der Waals surface area contributed by atoms with Crippen molar-refractivity contribution in [3.63, 3.8) is 0 Å². The number of rotatable bonds is 5. The van der Waals surface area contributed by atoms with E-state index in [-0.39, 0.29) is 29.5 Å². The minimum atomic E-state index is -0.383. The first-order valence-electron chi connectivity index (χ1n) is 6.86. The van der Waals surface area contributed by atoms with Crippen LogP contribution in [0.1, 0.15) is 37.1 Å². The number of nitrogens with one attached hydrogen (secondary N) is 1. The van der Waals surface area contributed by atoms with Crippen molar-refractivity contribution in [3.8, 4) is 5.75 Å². The molecule has 1 N–H and O–H groups in total. The zero-order chi connectivity index (χ0) is 15.4. The Kier molecular flexibility index (Phi) is 4.91. The molecule has 4 heteroatoms. The highest BCUT2D eigenvalue weighted by atomic mass is 19.1. The van der Waals surface area contributed by atoms with E-state index in [0.717, 1.165) is 11.1 Å². The summed E-state index contributed by atoms with van der Waals surface area (Å²) in [5, 5.41) is 3.37. The largest absolute Gasteiger partial charge is 0.494 e. The maximum Gasteiger partial charge on any atom is 0.165 e. The average Bonchev–Trinajstić information content (AvgIpc) is 2.47. The highest BCUT2D eigenvalue weighted by molar-refractivity contribution is 5.32. The third-order valence-corrected chi connectivity index (χ3v) is 3.52. The van der Waals surface area contributed by atoms with E-state index in [1.165, 1.54) is 25.3 Å². The van der Waals surface area contributed by atoms with Crippen LogP contribution in [0.4, 0.5) is 8.78 Å². The summed E-state index contributed by atoms with van der Waals surface area (Å²) in [6.07, 6.45) is 0. The molecule has 2 nitrogen and oxygen atoms in total. The van der Waals surface area contributed by atoms with E-state index in [4.69, 9.17) is 4.74 Å². The summed E-state index contributed by atoms with van der Waals surface area (Å²) in [6.45, 7) is 3.94. The van der Waals surface area contributed by atoms with Gasteiger partial charge in [-0.05, 0) is 49.2 Å². The Morgan fingerprint density at radius 2 is 1.62 bits per heavy atom. The van der Waals surface area contributed by atoms with Crippen molar-refractivity contribution >= 4 is 0 Å². The Morgan fingerprint density at radius 3 is 2.24 bits per heavy atom. The molecule has 2 unspecified atom stereocenters. The van der Waals surface area contributed by atoms with Crippen molar-refractivity contribution in [1.82, 2.24) is 5.32 Å². The summed E-state index contributed by atoms with van der Waals surface area (Å²) in [5.41, 5.74) is 1.78. The van der Waals surface area contributed by atoms with Gasteiger partial charge in [-0.15, -0.1) is 0 Å². The van der Waals surface area contributed by atoms with Gasteiger partial charge in [-0.3, -0.25) is 0 Å². The Balaban J connectivity index is 2.12. The van der Waals surface area contributed by atoms with Gasteiger partial charge in [0.1, 0.15) is 5.82 Å². The molecule has 2 aromatic carbocycles. The fourth-order valence-corrected chi connectivity index (χ4v) is 2.29. The molecule has 0 bridgehead atoms. The van der Waals surface area contributed by atoms with Crippen LogP contribution in [0.5, 0.6) is 5.75 Å². The van der Waals surface area contributed by atoms with E-state index in [1.54, 1.807) is 18.2 Å². The zero-order valence-electron chi connectivity index (χ0n) is 12.4. The summed E-state index contributed by atoms with van der Waals surface area (Å²) in [4.78, 5) is 0. The van der Waals surface area contributed by atoms with Gasteiger partial charge < -0.3 is 10.1 Å². The molecule has 0 spiro atoms. The number of halogens is 2. The monoisotopic (exact) mass is 291 g/mol. The lowest BCUT2D eigenvalue weighted by Gasteiger charge is -2.21. The topological polar surface area (TPSA) is 21.3 Å². The van der Waals surface area contributed by atoms with Gasteiger partial charge in [0.05, 0.1) is 7.11 Å². The van der Waals surface area contributed by atoms with Crippen LogP contribution in [0.3, 0.4) is 0 Å². The van der Waals surface area contributed by atoms with Crippen LogP contribution >= 0.6 is 0 Å². The van der Waals surface area contributed by atoms with Gasteiger partial charge >= 0.3 is 0 Å². The molecule has 0 amide bonds. The standard InChI is InChI=1S/C17H19F2NO/c1-11(13-5-4-6-15(18)9-13)20-12(2)14-7-8-16(19)17(10-14)21-3/h4-12,20H,1-3H3. The lowest BCUT2D eigenvalue weighted by molar-refractivity contribution is 0.384. The quantitative estimate of drug-likeness (QED) is 0.882. The number of hydrogen-bond donors (Lipinski definition) is 1. The van der Waals surface area contributed by atoms with Gasteiger partial charge in [-0.1, -0.05) is 18.2 Å². The van der Waals surface area contributed by atoms with Crippen molar-refractivity contribution < 1.29 is 13.5 Å². The van der Waals surface area contributed by atoms with E-state index >= 15 is 0 Å². The first kappa shape index (κ1) is 15.4. The van der Waals surface area contributed by atoms with Crippen LogP contribution in [0.25, 0.3) is 0 Å². The van der Waals surface area contributed by atoms with E-state index < -0.39 is 0 Å². The highest BCUT2D eigenvalue weighted by Gasteiger charge is 2.13. The van der Waals surface area contributed by atoms with E-state index in [0.29, 0.717) is 0 Å². The van der Waals surface area contributed by atoms with Gasteiger partial charge in [0.25, 0.3) is 0 Å². The van der Waals surface area contributed by atoms with Crippen LogP contribution in [0.15, 0.2) is 42.5 Å². The van der Waals surface area contributed by atoms with Crippen LogP contribution in [0.2, 0.25) is 0 Å². The Bertz CT molecular complexity index is 615. The molecule has 2 atom stereocenters. The summed E-state index contributed by atoms with van der Waals surface area (Å²) >= 11 is 0. The maximum atomic E-state index is 13.4. The van der Waals surface area contributed by atoms with Crippen LogP contribution in [-0.2, 0) is 0 Å². The molecule has 2 aromatic rings. The molecule has 0 radical (unpaired) electrons. The second-order valence-electron chi connectivity index (χ2n) is 5.06. The number of ether oxygens (including phenoxy) is 1. The molecule has 0 aromatic heterocycles. The van der Waals surface area contributed by atoms with Gasteiger partial charge in [-0.2, -0.15) is 0 Å². The van der Waals surface area contributed by atoms with E-state index in [2.05, 4.69) is 5.32 Å². The third-order valence-electron chi connectivity index (χ3n) is 3.52. The highest BCUT2D eigenvalue weighted by Crippen LogP contribution is 2.24. The molecule has 112 valence electrons. The molecule has 0 aliphatic heterocycles. The fraction of sp³-hybridized carbons (Fsp3) is 0.294. The number of hydrogen-bond acceptors (Lipinski definition) is 2. The lowest BCUT2D eigenvalue weighted by atomic mass is 10.0. The minimum absolute atomic E-state index is 0.0160. The Hall–Kier alpha value is -1.94. The predicted molar refractivity (Wildman–Crippen MR) is 79.3 cm³/mol. The molecule has 0 fully saturated rings. The van der Waals surface area contributed by atoms with Gasteiger partial charge in [0.15, 0.2) is 11.6 Å². The van der Waals surface area contributed by atoms with Crippen LogP contribution < -0.4 is 10.1 Å². The Morgan fingerprint density at radius 1 is 0.952 bits per heavy atom. The van der Waals surface area contributed by atoms with Gasteiger partial charge in [0, 0.05) is 12.1 Å². The zero-order valence-corrected chi connectivity index (χ0v) is 12.4. The minimum Gasteiger partial charge on any atom is -0.494 e. The van der Waals surface area contributed by atoms with Crippen molar-refractivity contribution in [2.45, 2.75) is 25.9 Å².